The minimum atomic E-state index is -1.16. The number of thiophene rings is 1. The maximum atomic E-state index is 13.3. The second-order valence-electron chi connectivity index (χ2n) is 7.56. The zero-order valence-electron chi connectivity index (χ0n) is 16.5. The lowest BCUT2D eigenvalue weighted by atomic mass is 9.76. The number of amides is 2. The van der Waals surface area contributed by atoms with Crippen molar-refractivity contribution < 1.29 is 24.4 Å². The van der Waals surface area contributed by atoms with Gasteiger partial charge in [-0.2, -0.15) is 0 Å². The predicted molar refractivity (Wildman–Crippen MR) is 108 cm³/mol. The summed E-state index contributed by atoms with van der Waals surface area (Å²) in [6, 6.07) is 13.3. The van der Waals surface area contributed by atoms with Crippen LogP contribution in [0.4, 0.5) is 0 Å². The van der Waals surface area contributed by atoms with Crippen molar-refractivity contribution in [2.45, 2.75) is 31.8 Å². The number of nitrogens with zero attached hydrogens (tertiary/aromatic N) is 1. The third-order valence-electron chi connectivity index (χ3n) is 6.04. The first kappa shape index (κ1) is 19.8. The molecule has 2 amide bonds. The minimum absolute atomic E-state index is 0.184. The molecule has 1 aromatic heterocycles. The van der Waals surface area contributed by atoms with Crippen LogP contribution in [0.3, 0.4) is 0 Å². The van der Waals surface area contributed by atoms with Crippen LogP contribution in [-0.2, 0) is 25.5 Å². The maximum Gasteiger partial charge on any atom is 0.369 e. The van der Waals surface area contributed by atoms with E-state index in [1.807, 2.05) is 53.2 Å². The van der Waals surface area contributed by atoms with Gasteiger partial charge in [0.05, 0.1) is 11.5 Å². The van der Waals surface area contributed by atoms with Gasteiger partial charge < -0.3 is 10.1 Å². The maximum absolute atomic E-state index is 13.3. The molecule has 0 spiro atoms. The van der Waals surface area contributed by atoms with E-state index in [9.17, 15) is 14.4 Å². The van der Waals surface area contributed by atoms with Gasteiger partial charge in [-0.15, -0.1) is 11.3 Å². The topological polar surface area (TPSA) is 80.3 Å². The summed E-state index contributed by atoms with van der Waals surface area (Å²) in [5.41, 5.74) is -0.217. The molecular weight excluding hydrogens is 388 g/mol. The number of benzene rings is 1. The Kier molecular flexibility index (Phi) is 5.27. The van der Waals surface area contributed by atoms with E-state index >= 15 is 0 Å². The Balaban J connectivity index is 1.85. The summed E-state index contributed by atoms with van der Waals surface area (Å²) in [4.78, 5) is 42.2. The Hall–Kier alpha value is -2.51. The molecule has 4 rings (SSSR count). The van der Waals surface area contributed by atoms with Crippen LogP contribution in [0.1, 0.15) is 30.3 Å². The zero-order valence-corrected chi connectivity index (χ0v) is 17.4. The highest BCUT2D eigenvalue weighted by Gasteiger charge is 2.72. The van der Waals surface area contributed by atoms with Crippen molar-refractivity contribution in [1.82, 2.24) is 4.90 Å². The molecule has 2 fully saturated rings. The molecule has 2 aliphatic heterocycles. The third-order valence-corrected chi connectivity index (χ3v) is 7.02. The molecule has 0 unspecified atom stereocenters. The highest BCUT2D eigenvalue weighted by Crippen LogP contribution is 2.46. The fourth-order valence-corrected chi connectivity index (χ4v) is 5.71. The van der Waals surface area contributed by atoms with Crippen molar-refractivity contribution in [2.24, 2.45) is 11.8 Å². The highest BCUT2D eigenvalue weighted by atomic mass is 32.1. The van der Waals surface area contributed by atoms with Gasteiger partial charge in [-0.05, 0) is 30.9 Å². The van der Waals surface area contributed by atoms with Gasteiger partial charge in [-0.3, -0.25) is 14.5 Å². The molecule has 0 aliphatic carbocycles. The van der Waals surface area contributed by atoms with Gasteiger partial charge >= 0.3 is 5.97 Å². The molecule has 2 aliphatic rings. The molecule has 152 valence electrons. The number of esters is 1. The van der Waals surface area contributed by atoms with E-state index in [-0.39, 0.29) is 24.5 Å². The number of carbonyl (C=O) groups excluding carboxylic acids is 3. The highest BCUT2D eigenvalue weighted by molar-refractivity contribution is 7.10. The number of quaternary nitrogens is 1. The first-order chi connectivity index (χ1) is 14.0. The number of ether oxygens (including phenoxy) is 1. The summed E-state index contributed by atoms with van der Waals surface area (Å²) < 4.78 is 5.48. The van der Waals surface area contributed by atoms with E-state index in [1.165, 1.54) is 4.90 Å². The molecule has 6 nitrogen and oxygen atoms in total. The molecule has 7 heteroatoms. The van der Waals surface area contributed by atoms with Gasteiger partial charge in [-0.1, -0.05) is 36.4 Å². The van der Waals surface area contributed by atoms with E-state index in [0.717, 1.165) is 10.4 Å². The quantitative estimate of drug-likeness (QED) is 0.575. The summed E-state index contributed by atoms with van der Waals surface area (Å²) in [5, 5.41) is 3.89. The Labute approximate surface area is 173 Å². The number of rotatable bonds is 6. The second-order valence-corrected chi connectivity index (χ2v) is 8.53. The number of nitrogens with two attached hydrogens (primary N) is 1. The van der Waals surface area contributed by atoms with Crippen LogP contribution in [0.5, 0.6) is 0 Å². The molecule has 0 radical (unpaired) electrons. The predicted octanol–water partition coefficient (Wildman–Crippen LogP) is 1.53. The lowest BCUT2D eigenvalue weighted by Gasteiger charge is -2.29. The molecular formula is C22H25N2O4S+. The summed E-state index contributed by atoms with van der Waals surface area (Å²) in [6.07, 6.45) is 0.340. The van der Waals surface area contributed by atoms with E-state index in [1.54, 1.807) is 25.2 Å². The van der Waals surface area contributed by atoms with Crippen LogP contribution in [0.2, 0.25) is 0 Å². The van der Waals surface area contributed by atoms with Crippen molar-refractivity contribution in [2.75, 3.05) is 13.2 Å². The van der Waals surface area contributed by atoms with Crippen LogP contribution in [0.25, 0.3) is 0 Å². The molecule has 0 saturated carbocycles. The molecule has 2 saturated heterocycles. The van der Waals surface area contributed by atoms with Crippen molar-refractivity contribution in [3.63, 3.8) is 0 Å². The van der Waals surface area contributed by atoms with Crippen molar-refractivity contribution in [3.8, 4) is 0 Å². The first-order valence-corrected chi connectivity index (χ1v) is 10.9. The lowest BCUT2D eigenvalue weighted by Crippen LogP contribution is -2.98. The average Bonchev–Trinajstić information content (AvgIpc) is 3.41. The third kappa shape index (κ3) is 3.09. The number of hydrogen-bond acceptors (Lipinski definition) is 5. The van der Waals surface area contributed by atoms with Gasteiger partial charge in [0.15, 0.2) is 0 Å². The number of carbonyl (C=O) groups is 3. The van der Waals surface area contributed by atoms with Crippen LogP contribution < -0.4 is 5.32 Å². The molecule has 2 aromatic rings. The summed E-state index contributed by atoms with van der Waals surface area (Å²) in [7, 11) is 0. The van der Waals surface area contributed by atoms with Crippen molar-refractivity contribution in [3.05, 3.63) is 58.3 Å². The summed E-state index contributed by atoms with van der Waals surface area (Å²) in [6.45, 7) is 4.09. The molecule has 4 atom stereocenters. The lowest BCUT2D eigenvalue weighted by molar-refractivity contribution is -0.733. The van der Waals surface area contributed by atoms with Crippen LogP contribution in [0.15, 0.2) is 47.8 Å². The summed E-state index contributed by atoms with van der Waals surface area (Å²) >= 11 is 1.55. The van der Waals surface area contributed by atoms with Crippen molar-refractivity contribution >= 4 is 29.1 Å². The summed E-state index contributed by atoms with van der Waals surface area (Å²) in [5.74, 6) is -2.16. The van der Waals surface area contributed by atoms with E-state index < -0.39 is 23.3 Å². The second kappa shape index (κ2) is 7.72. The van der Waals surface area contributed by atoms with Crippen LogP contribution in [0, 0.1) is 11.8 Å². The van der Waals surface area contributed by atoms with Gasteiger partial charge in [0.2, 0.25) is 17.4 Å². The molecule has 1 aromatic carbocycles. The molecule has 0 bridgehead atoms. The Morgan fingerprint density at radius 2 is 1.90 bits per heavy atom. The minimum Gasteiger partial charge on any atom is -0.461 e. The van der Waals surface area contributed by atoms with Gasteiger partial charge in [0, 0.05) is 13.0 Å². The fourth-order valence-electron chi connectivity index (χ4n) is 4.87. The Morgan fingerprint density at radius 1 is 1.14 bits per heavy atom. The number of fused-ring (bicyclic) bond motifs is 1. The van der Waals surface area contributed by atoms with Crippen molar-refractivity contribution in [1.29, 1.82) is 0 Å². The van der Waals surface area contributed by atoms with Gasteiger partial charge in [-0.25, -0.2) is 4.79 Å². The zero-order chi connectivity index (χ0) is 20.6. The Morgan fingerprint density at radius 3 is 2.52 bits per heavy atom. The first-order valence-electron chi connectivity index (χ1n) is 9.99. The van der Waals surface area contributed by atoms with E-state index in [2.05, 4.69) is 0 Å². The number of imide groups is 1. The van der Waals surface area contributed by atoms with E-state index in [4.69, 9.17) is 4.74 Å². The molecule has 29 heavy (non-hydrogen) atoms. The van der Waals surface area contributed by atoms with Crippen LogP contribution in [-0.4, -0.2) is 41.4 Å². The molecule has 2 N–H and O–H groups in total. The molecule has 3 heterocycles. The van der Waals surface area contributed by atoms with Gasteiger partial charge in [0.25, 0.3) is 0 Å². The smallest absolute Gasteiger partial charge is 0.369 e. The monoisotopic (exact) mass is 413 g/mol. The largest absolute Gasteiger partial charge is 0.461 e. The average molecular weight is 414 g/mol. The Bertz CT molecular complexity index is 914. The normalized spacial score (nSPS) is 28.6. The van der Waals surface area contributed by atoms with Gasteiger partial charge in [0.1, 0.15) is 17.9 Å². The number of hydrogen-bond donors (Lipinski definition) is 1. The fraction of sp³-hybridized carbons (Fsp3) is 0.409. The van der Waals surface area contributed by atoms with Crippen LogP contribution >= 0.6 is 11.3 Å². The number of likely N-dealkylation sites (tertiary alicyclic amines) is 1. The van der Waals surface area contributed by atoms with E-state index in [0.29, 0.717) is 13.0 Å². The SMILES string of the molecule is CCOC(=O)[C@]1(Cc2ccccc2)[NH2+][C@@H](c2cccs2)[C@H]2C(=O)N(CC)C(=O)[C@@H]21. The standard InChI is InChI=1S/C22H24N2O4S/c1-3-24-19(25)16-17(20(24)26)22(21(27)28-4-2,13-14-9-6-5-7-10-14)23-18(16)15-11-8-12-29-15/h5-12,16-18,23H,3-4,13H2,1-2H3/p+1/t16-,17+,18-,22+/m0/s1.